The third-order valence-corrected chi connectivity index (χ3v) is 6.49. The van der Waals surface area contributed by atoms with Crippen LogP contribution < -0.4 is 0 Å². The van der Waals surface area contributed by atoms with E-state index in [2.05, 4.69) is 25.7 Å². The zero-order valence-electron chi connectivity index (χ0n) is 19.3. The standard InChI is InChI=1S/C24H49NO2S/c1-4-7-8-9-10-11-12-13-14-17-22-28-23-18-21-27-24(26)19-15-16-20-25(5-2)6-3/h4-23H2,1-3H3. The summed E-state index contributed by atoms with van der Waals surface area (Å²) in [6.07, 6.45) is 17.6. The van der Waals surface area contributed by atoms with E-state index in [0.29, 0.717) is 13.0 Å². The first-order chi connectivity index (χ1) is 13.7. The molecule has 0 bridgehead atoms. The Bertz CT molecular complexity index is 322. The maximum atomic E-state index is 11.7. The lowest BCUT2D eigenvalue weighted by Gasteiger charge is -2.17. The number of carbonyl (C=O) groups excluding carboxylic acids is 1. The summed E-state index contributed by atoms with van der Waals surface area (Å²) in [7, 11) is 0. The molecule has 28 heavy (non-hydrogen) atoms. The van der Waals surface area contributed by atoms with Gasteiger partial charge in [-0.25, -0.2) is 0 Å². The fraction of sp³-hybridized carbons (Fsp3) is 0.958. The largest absolute Gasteiger partial charge is 0.466 e. The Morgan fingerprint density at radius 2 is 1.29 bits per heavy atom. The predicted octanol–water partition coefficient (Wildman–Crippen LogP) is 7.09. The van der Waals surface area contributed by atoms with E-state index in [1.54, 1.807) is 0 Å². The Morgan fingerprint density at radius 3 is 1.89 bits per heavy atom. The van der Waals surface area contributed by atoms with Crippen LogP contribution in [0.5, 0.6) is 0 Å². The van der Waals surface area contributed by atoms with Crippen LogP contribution in [0.4, 0.5) is 0 Å². The SMILES string of the molecule is CCCCCCCCCCCCSCCCOC(=O)CCCCN(CC)CC. The van der Waals surface area contributed by atoms with Crippen LogP contribution in [0, 0.1) is 0 Å². The maximum Gasteiger partial charge on any atom is 0.305 e. The number of hydrogen-bond acceptors (Lipinski definition) is 4. The molecule has 0 aromatic heterocycles. The molecule has 0 atom stereocenters. The molecule has 0 spiro atoms. The number of thioether (sulfide) groups is 1. The second-order valence-corrected chi connectivity index (χ2v) is 9.08. The summed E-state index contributed by atoms with van der Waals surface area (Å²) in [5.74, 6) is 2.36. The molecular weight excluding hydrogens is 366 g/mol. The van der Waals surface area contributed by atoms with Crippen molar-refractivity contribution in [1.82, 2.24) is 4.90 Å². The Kier molecular flexibility index (Phi) is 22.9. The molecule has 4 heteroatoms. The monoisotopic (exact) mass is 415 g/mol. The molecule has 0 unspecified atom stereocenters. The van der Waals surface area contributed by atoms with Crippen LogP contribution in [0.3, 0.4) is 0 Å². The quantitative estimate of drug-likeness (QED) is 0.139. The maximum absolute atomic E-state index is 11.7. The molecule has 0 aliphatic rings. The van der Waals surface area contributed by atoms with E-state index in [9.17, 15) is 4.79 Å². The van der Waals surface area contributed by atoms with Gasteiger partial charge in [0.1, 0.15) is 0 Å². The van der Waals surface area contributed by atoms with Crippen LogP contribution in [-0.2, 0) is 9.53 Å². The van der Waals surface area contributed by atoms with Gasteiger partial charge in [-0.1, -0.05) is 78.6 Å². The van der Waals surface area contributed by atoms with Crippen molar-refractivity contribution in [2.45, 2.75) is 111 Å². The van der Waals surface area contributed by atoms with Crippen molar-refractivity contribution in [3.8, 4) is 0 Å². The molecule has 0 heterocycles. The first kappa shape index (κ1) is 27.8. The second-order valence-electron chi connectivity index (χ2n) is 7.85. The van der Waals surface area contributed by atoms with Crippen LogP contribution in [0.2, 0.25) is 0 Å². The van der Waals surface area contributed by atoms with E-state index in [0.717, 1.165) is 44.6 Å². The minimum Gasteiger partial charge on any atom is -0.466 e. The van der Waals surface area contributed by atoms with Gasteiger partial charge >= 0.3 is 5.97 Å². The van der Waals surface area contributed by atoms with Gasteiger partial charge in [-0.3, -0.25) is 4.79 Å². The minimum atomic E-state index is -0.0146. The molecule has 0 aliphatic carbocycles. The van der Waals surface area contributed by atoms with Crippen LogP contribution in [0.1, 0.15) is 111 Å². The number of unbranched alkanes of at least 4 members (excludes halogenated alkanes) is 10. The van der Waals surface area contributed by atoms with Crippen LogP contribution in [0.15, 0.2) is 0 Å². The molecule has 0 amide bonds. The van der Waals surface area contributed by atoms with Gasteiger partial charge in [0.25, 0.3) is 0 Å². The minimum absolute atomic E-state index is 0.0146. The summed E-state index contributed by atoms with van der Waals surface area (Å²) in [6, 6.07) is 0. The number of nitrogens with zero attached hydrogens (tertiary/aromatic N) is 1. The Hall–Kier alpha value is -0.220. The zero-order chi connectivity index (χ0) is 20.7. The topological polar surface area (TPSA) is 29.5 Å². The Labute approximate surface area is 180 Å². The van der Waals surface area contributed by atoms with E-state index in [1.807, 2.05) is 11.8 Å². The number of ether oxygens (including phenoxy) is 1. The number of esters is 1. The van der Waals surface area contributed by atoms with E-state index in [-0.39, 0.29) is 5.97 Å². The lowest BCUT2D eigenvalue weighted by molar-refractivity contribution is -0.143. The molecular formula is C24H49NO2S. The molecule has 0 aliphatic heterocycles. The van der Waals surface area contributed by atoms with Crippen molar-refractivity contribution >= 4 is 17.7 Å². The van der Waals surface area contributed by atoms with Gasteiger partial charge in [0.2, 0.25) is 0 Å². The van der Waals surface area contributed by atoms with Crippen LogP contribution in [0.25, 0.3) is 0 Å². The first-order valence-electron chi connectivity index (χ1n) is 12.2. The first-order valence-corrected chi connectivity index (χ1v) is 13.4. The summed E-state index contributed by atoms with van der Waals surface area (Å²) < 4.78 is 5.34. The van der Waals surface area contributed by atoms with Gasteiger partial charge in [0.05, 0.1) is 6.61 Å². The highest BCUT2D eigenvalue weighted by Gasteiger charge is 2.04. The summed E-state index contributed by atoms with van der Waals surface area (Å²) in [6.45, 7) is 10.5. The highest BCUT2D eigenvalue weighted by Crippen LogP contribution is 2.13. The third-order valence-electron chi connectivity index (χ3n) is 5.34. The van der Waals surface area contributed by atoms with E-state index in [1.165, 1.54) is 70.0 Å². The van der Waals surface area contributed by atoms with Crippen molar-refractivity contribution in [1.29, 1.82) is 0 Å². The summed E-state index contributed by atoms with van der Waals surface area (Å²) in [5.41, 5.74) is 0. The normalized spacial score (nSPS) is 11.3. The van der Waals surface area contributed by atoms with Gasteiger partial charge in [0.15, 0.2) is 0 Å². The average molecular weight is 416 g/mol. The van der Waals surface area contributed by atoms with Gasteiger partial charge in [-0.15, -0.1) is 0 Å². The third kappa shape index (κ3) is 20.5. The van der Waals surface area contributed by atoms with E-state index >= 15 is 0 Å². The van der Waals surface area contributed by atoms with Gasteiger partial charge < -0.3 is 9.64 Å². The number of rotatable bonds is 22. The van der Waals surface area contributed by atoms with Crippen molar-refractivity contribution in [3.63, 3.8) is 0 Å². The fourth-order valence-corrected chi connectivity index (χ4v) is 4.29. The Balaban J connectivity index is 3.19. The Morgan fingerprint density at radius 1 is 0.714 bits per heavy atom. The predicted molar refractivity (Wildman–Crippen MR) is 126 cm³/mol. The molecule has 0 saturated carbocycles. The number of carbonyl (C=O) groups is 1. The molecule has 0 saturated heterocycles. The lowest BCUT2D eigenvalue weighted by atomic mass is 10.1. The lowest BCUT2D eigenvalue weighted by Crippen LogP contribution is -2.24. The van der Waals surface area contributed by atoms with Crippen molar-refractivity contribution in [3.05, 3.63) is 0 Å². The molecule has 0 rings (SSSR count). The molecule has 0 N–H and O–H groups in total. The second kappa shape index (κ2) is 23.1. The van der Waals surface area contributed by atoms with Crippen LogP contribution >= 0.6 is 11.8 Å². The number of hydrogen-bond donors (Lipinski definition) is 0. The highest BCUT2D eigenvalue weighted by atomic mass is 32.2. The average Bonchev–Trinajstić information content (AvgIpc) is 2.71. The van der Waals surface area contributed by atoms with Gasteiger partial charge in [0, 0.05) is 6.42 Å². The van der Waals surface area contributed by atoms with Gasteiger partial charge in [-0.05, 0) is 56.8 Å². The van der Waals surface area contributed by atoms with Crippen molar-refractivity contribution in [2.24, 2.45) is 0 Å². The highest BCUT2D eigenvalue weighted by molar-refractivity contribution is 7.99. The van der Waals surface area contributed by atoms with Crippen molar-refractivity contribution in [2.75, 3.05) is 37.7 Å². The molecule has 3 nitrogen and oxygen atoms in total. The molecule has 0 fully saturated rings. The molecule has 0 aromatic carbocycles. The van der Waals surface area contributed by atoms with Crippen molar-refractivity contribution < 1.29 is 9.53 Å². The zero-order valence-corrected chi connectivity index (χ0v) is 20.1. The van der Waals surface area contributed by atoms with Crippen LogP contribution in [-0.4, -0.2) is 48.6 Å². The molecule has 168 valence electrons. The molecule has 0 radical (unpaired) electrons. The van der Waals surface area contributed by atoms with Gasteiger partial charge in [-0.2, -0.15) is 11.8 Å². The smallest absolute Gasteiger partial charge is 0.305 e. The summed E-state index contributed by atoms with van der Waals surface area (Å²) in [4.78, 5) is 14.1. The summed E-state index contributed by atoms with van der Waals surface area (Å²) >= 11 is 2.02. The summed E-state index contributed by atoms with van der Waals surface area (Å²) in [5, 5.41) is 0. The van der Waals surface area contributed by atoms with E-state index in [4.69, 9.17) is 4.74 Å². The molecule has 0 aromatic rings. The van der Waals surface area contributed by atoms with E-state index < -0.39 is 0 Å². The fourth-order valence-electron chi connectivity index (χ4n) is 3.36.